The molecule has 5 nitrogen and oxygen atoms in total. The predicted octanol–water partition coefficient (Wildman–Crippen LogP) is 2.71. The molecule has 1 saturated heterocycles. The topological polar surface area (TPSA) is 63.7 Å². The third kappa shape index (κ3) is 4.04. The minimum Gasteiger partial charge on any atom is -0.312 e. The zero-order chi connectivity index (χ0) is 15.3. The summed E-state index contributed by atoms with van der Waals surface area (Å²) in [4.78, 5) is 13.5. The van der Waals surface area contributed by atoms with Crippen LogP contribution >= 0.6 is 0 Å². The molecule has 1 aliphatic heterocycles. The van der Waals surface area contributed by atoms with Crippen LogP contribution in [0.25, 0.3) is 0 Å². The summed E-state index contributed by atoms with van der Waals surface area (Å²) in [5.41, 5.74) is 0.738. The first-order valence-electron chi connectivity index (χ1n) is 7.34. The summed E-state index contributed by atoms with van der Waals surface area (Å²) in [7, 11) is -3.70. The van der Waals surface area contributed by atoms with Gasteiger partial charge in [-0.2, -0.15) is 8.42 Å². The molecule has 116 valence electrons. The summed E-state index contributed by atoms with van der Waals surface area (Å²) in [6.45, 7) is 2.95. The van der Waals surface area contributed by atoms with Crippen LogP contribution in [0.1, 0.15) is 39.0 Å². The maximum Gasteiger partial charge on any atom is 0.296 e. The molecule has 1 fully saturated rings. The third-order valence-corrected chi connectivity index (χ3v) is 4.82. The van der Waals surface area contributed by atoms with E-state index in [0.29, 0.717) is 13.0 Å². The van der Waals surface area contributed by atoms with Crippen molar-refractivity contribution in [2.45, 2.75) is 43.9 Å². The predicted molar refractivity (Wildman–Crippen MR) is 80.7 cm³/mol. The second-order valence-electron chi connectivity index (χ2n) is 5.13. The molecule has 0 saturated carbocycles. The Hall–Kier alpha value is -1.40. The van der Waals surface area contributed by atoms with E-state index in [9.17, 15) is 13.2 Å². The molecule has 0 aromatic heterocycles. The van der Waals surface area contributed by atoms with Crippen LogP contribution in [0, 0.1) is 0 Å². The fourth-order valence-corrected chi connectivity index (χ4v) is 3.25. The number of carbonyl (C=O) groups is 1. The fraction of sp³-hybridized carbons (Fsp3) is 0.533. The van der Waals surface area contributed by atoms with E-state index in [4.69, 9.17) is 4.18 Å². The Morgan fingerprint density at radius 3 is 2.48 bits per heavy atom. The summed E-state index contributed by atoms with van der Waals surface area (Å²) >= 11 is 0. The lowest BCUT2D eigenvalue weighted by Crippen LogP contribution is -2.23. The van der Waals surface area contributed by atoms with Gasteiger partial charge < -0.3 is 4.90 Å². The van der Waals surface area contributed by atoms with Gasteiger partial charge in [-0.25, -0.2) is 0 Å². The van der Waals surface area contributed by atoms with Crippen molar-refractivity contribution >= 4 is 21.7 Å². The van der Waals surface area contributed by atoms with E-state index >= 15 is 0 Å². The standard InChI is InChI=1S/C15H21NO4S/c1-2-3-4-12-20-21(18,19)14-9-7-13(8-10-14)16-11-5-6-15(16)17/h7-10H,2-6,11-12H2,1H3. The van der Waals surface area contributed by atoms with E-state index in [1.165, 1.54) is 12.1 Å². The van der Waals surface area contributed by atoms with E-state index in [-0.39, 0.29) is 17.4 Å². The highest BCUT2D eigenvalue weighted by atomic mass is 32.2. The van der Waals surface area contributed by atoms with Crippen LogP contribution in [0.5, 0.6) is 0 Å². The minimum absolute atomic E-state index is 0.0847. The fourth-order valence-electron chi connectivity index (χ4n) is 2.30. The number of anilines is 1. The van der Waals surface area contributed by atoms with Crippen molar-refractivity contribution in [2.24, 2.45) is 0 Å². The van der Waals surface area contributed by atoms with Crippen LogP contribution in [0.2, 0.25) is 0 Å². The Morgan fingerprint density at radius 1 is 1.19 bits per heavy atom. The van der Waals surface area contributed by atoms with Gasteiger partial charge in [0.05, 0.1) is 11.5 Å². The zero-order valence-electron chi connectivity index (χ0n) is 12.2. The SMILES string of the molecule is CCCCCOS(=O)(=O)c1ccc(N2CCCC2=O)cc1. The van der Waals surface area contributed by atoms with Crippen LogP contribution in [0.4, 0.5) is 5.69 Å². The first kappa shape index (κ1) is 16.0. The number of unbranched alkanes of at least 4 members (excludes halogenated alkanes) is 2. The lowest BCUT2D eigenvalue weighted by atomic mass is 10.3. The summed E-state index contributed by atoms with van der Waals surface area (Å²) in [5.74, 6) is 0.0847. The largest absolute Gasteiger partial charge is 0.312 e. The van der Waals surface area contributed by atoms with Gasteiger partial charge in [-0.05, 0) is 37.1 Å². The van der Waals surface area contributed by atoms with Crippen LogP contribution in [-0.2, 0) is 19.1 Å². The van der Waals surface area contributed by atoms with Crippen molar-refractivity contribution < 1.29 is 17.4 Å². The van der Waals surface area contributed by atoms with E-state index in [1.54, 1.807) is 17.0 Å². The highest BCUT2D eigenvalue weighted by Gasteiger charge is 2.22. The number of carbonyl (C=O) groups excluding carboxylic acids is 1. The molecule has 6 heteroatoms. The summed E-state index contributed by atoms with van der Waals surface area (Å²) < 4.78 is 29.0. The minimum atomic E-state index is -3.70. The molecule has 0 aliphatic carbocycles. The number of benzene rings is 1. The second-order valence-corrected chi connectivity index (χ2v) is 6.74. The molecule has 0 N–H and O–H groups in total. The average Bonchev–Trinajstić information content (AvgIpc) is 2.90. The molecule has 1 aliphatic rings. The molecule has 0 spiro atoms. The van der Waals surface area contributed by atoms with Gasteiger partial charge in [-0.15, -0.1) is 0 Å². The summed E-state index contributed by atoms with van der Waals surface area (Å²) in [6, 6.07) is 6.31. The maximum atomic E-state index is 12.0. The average molecular weight is 311 g/mol. The molecule has 1 aromatic carbocycles. The van der Waals surface area contributed by atoms with Gasteiger partial charge >= 0.3 is 0 Å². The Kier molecular flexibility index (Phi) is 5.36. The Bertz CT molecular complexity index is 580. The Morgan fingerprint density at radius 2 is 1.90 bits per heavy atom. The molecule has 0 bridgehead atoms. The summed E-state index contributed by atoms with van der Waals surface area (Å²) in [6.07, 6.45) is 4.10. The van der Waals surface area contributed by atoms with Crippen molar-refractivity contribution in [2.75, 3.05) is 18.1 Å². The van der Waals surface area contributed by atoms with Gasteiger partial charge in [0, 0.05) is 18.7 Å². The van der Waals surface area contributed by atoms with E-state index in [2.05, 4.69) is 0 Å². The molecular weight excluding hydrogens is 290 g/mol. The molecule has 0 atom stereocenters. The van der Waals surface area contributed by atoms with Crippen molar-refractivity contribution in [3.63, 3.8) is 0 Å². The van der Waals surface area contributed by atoms with Crippen molar-refractivity contribution in [1.82, 2.24) is 0 Å². The smallest absolute Gasteiger partial charge is 0.296 e. The first-order chi connectivity index (χ1) is 10.0. The quantitative estimate of drug-likeness (QED) is 0.574. The van der Waals surface area contributed by atoms with Crippen molar-refractivity contribution in [3.8, 4) is 0 Å². The number of nitrogens with zero attached hydrogens (tertiary/aromatic N) is 1. The number of rotatable bonds is 7. The van der Waals surface area contributed by atoms with Crippen LogP contribution in [0.15, 0.2) is 29.2 Å². The molecule has 1 heterocycles. The molecule has 0 radical (unpaired) electrons. The maximum absolute atomic E-state index is 12.0. The molecule has 1 amide bonds. The molecular formula is C15H21NO4S. The lowest BCUT2D eigenvalue weighted by molar-refractivity contribution is -0.117. The monoisotopic (exact) mass is 311 g/mol. The summed E-state index contributed by atoms with van der Waals surface area (Å²) in [5, 5.41) is 0. The van der Waals surface area contributed by atoms with Gasteiger partial charge in [0.1, 0.15) is 0 Å². The first-order valence-corrected chi connectivity index (χ1v) is 8.75. The van der Waals surface area contributed by atoms with Crippen molar-refractivity contribution in [3.05, 3.63) is 24.3 Å². The third-order valence-electron chi connectivity index (χ3n) is 3.50. The number of hydrogen-bond donors (Lipinski definition) is 0. The molecule has 0 unspecified atom stereocenters. The van der Waals surface area contributed by atoms with Gasteiger partial charge in [-0.3, -0.25) is 8.98 Å². The lowest BCUT2D eigenvalue weighted by Gasteiger charge is -2.15. The molecule has 2 rings (SSSR count). The molecule has 21 heavy (non-hydrogen) atoms. The van der Waals surface area contributed by atoms with Crippen molar-refractivity contribution in [1.29, 1.82) is 0 Å². The van der Waals surface area contributed by atoms with Gasteiger partial charge in [0.25, 0.3) is 10.1 Å². The van der Waals surface area contributed by atoms with Gasteiger partial charge in [0.2, 0.25) is 5.91 Å². The van der Waals surface area contributed by atoms with Crippen LogP contribution in [-0.4, -0.2) is 27.5 Å². The zero-order valence-corrected chi connectivity index (χ0v) is 13.1. The number of hydrogen-bond acceptors (Lipinski definition) is 4. The Balaban J connectivity index is 2.02. The Labute approximate surface area is 126 Å². The second kappa shape index (κ2) is 7.04. The highest BCUT2D eigenvalue weighted by Crippen LogP contribution is 2.23. The van der Waals surface area contributed by atoms with Crippen LogP contribution in [0.3, 0.4) is 0 Å². The van der Waals surface area contributed by atoms with E-state index in [0.717, 1.165) is 31.4 Å². The van der Waals surface area contributed by atoms with Crippen LogP contribution < -0.4 is 4.90 Å². The van der Waals surface area contributed by atoms with Gasteiger partial charge in [0.15, 0.2) is 0 Å². The van der Waals surface area contributed by atoms with Gasteiger partial charge in [-0.1, -0.05) is 19.8 Å². The number of amides is 1. The van der Waals surface area contributed by atoms with E-state index in [1.807, 2.05) is 6.92 Å². The highest BCUT2D eigenvalue weighted by molar-refractivity contribution is 7.86. The van der Waals surface area contributed by atoms with E-state index < -0.39 is 10.1 Å². The normalized spacial score (nSPS) is 15.7. The molecule has 1 aromatic rings.